The average molecular weight is 645 g/mol. The van der Waals surface area contributed by atoms with E-state index in [1.54, 1.807) is 48.5 Å². The Morgan fingerprint density at radius 2 is 1.66 bits per heavy atom. The number of rotatable bonds is 5. The van der Waals surface area contributed by atoms with Crippen LogP contribution in [-0.2, 0) is 20.9 Å². The lowest BCUT2D eigenvalue weighted by Crippen LogP contribution is -2.33. The Morgan fingerprint density at radius 3 is 2.39 bits per heavy atom. The molecule has 0 bridgehead atoms. The van der Waals surface area contributed by atoms with Crippen molar-refractivity contribution < 1.29 is 14.4 Å². The van der Waals surface area contributed by atoms with Gasteiger partial charge in [0.05, 0.1) is 26.7 Å². The molecule has 12 heteroatoms. The first-order valence-electron chi connectivity index (χ1n) is 12.5. The smallest absolute Gasteiger partial charge is 0.308 e. The summed E-state index contributed by atoms with van der Waals surface area (Å²) in [5, 5.41) is 3.46. The van der Waals surface area contributed by atoms with Crippen LogP contribution in [0.3, 0.4) is 0 Å². The standard InChI is InChI=1S/C29H20Cl3N3O4S2/c1-14-5-2-3-8-19(14)33-20(36)13-34-28-25(41-29(34)39)21(17-6-4-7-18(31)23(17)32)22-24(40-28)27(38)35(26(22)37)16-11-9-15(30)10-12-16/h2-12,21-22,24H,13H2,1H3,(H,33,36). The molecule has 0 saturated carbocycles. The third kappa shape index (κ3) is 4.89. The van der Waals surface area contributed by atoms with Gasteiger partial charge < -0.3 is 5.32 Å². The molecule has 4 aromatic rings. The number of benzene rings is 3. The molecular weight excluding hydrogens is 625 g/mol. The predicted octanol–water partition coefficient (Wildman–Crippen LogP) is 6.61. The molecule has 3 unspecified atom stereocenters. The van der Waals surface area contributed by atoms with Crippen LogP contribution < -0.4 is 15.1 Å². The van der Waals surface area contributed by atoms with Crippen LogP contribution >= 0.6 is 57.9 Å². The number of carbonyl (C=O) groups is 3. The summed E-state index contributed by atoms with van der Waals surface area (Å²) in [7, 11) is 0. The number of para-hydroxylation sites is 1. The molecule has 208 valence electrons. The lowest BCUT2D eigenvalue weighted by Gasteiger charge is -2.31. The lowest BCUT2D eigenvalue weighted by atomic mass is 9.83. The van der Waals surface area contributed by atoms with Gasteiger partial charge in [0.15, 0.2) is 0 Å². The third-order valence-corrected chi connectivity index (χ3v) is 10.9. The SMILES string of the molecule is Cc1ccccc1NC(=O)Cn1c2c(sc1=O)C(c1cccc(Cl)c1Cl)C1C(=O)N(c3ccc(Cl)cc3)C(=O)C1S2. The number of imide groups is 1. The Labute approximate surface area is 258 Å². The summed E-state index contributed by atoms with van der Waals surface area (Å²) < 4.78 is 1.36. The van der Waals surface area contributed by atoms with E-state index in [2.05, 4.69) is 5.32 Å². The van der Waals surface area contributed by atoms with Gasteiger partial charge in [-0.15, -0.1) is 0 Å². The van der Waals surface area contributed by atoms with Crippen molar-refractivity contribution in [2.45, 2.75) is 29.7 Å². The van der Waals surface area contributed by atoms with Crippen LogP contribution in [0.5, 0.6) is 0 Å². The molecule has 1 saturated heterocycles. The van der Waals surface area contributed by atoms with Gasteiger partial charge in [0, 0.05) is 21.5 Å². The Hall–Kier alpha value is -3.08. The number of nitrogens with one attached hydrogen (secondary N) is 1. The minimum atomic E-state index is -0.856. The molecule has 2 aliphatic heterocycles. The van der Waals surface area contributed by atoms with Crippen LogP contribution in [0.1, 0.15) is 21.9 Å². The van der Waals surface area contributed by atoms with E-state index >= 15 is 0 Å². The second kappa shape index (κ2) is 11.0. The van der Waals surface area contributed by atoms with E-state index in [0.717, 1.165) is 33.6 Å². The van der Waals surface area contributed by atoms with Crippen LogP contribution in [0.4, 0.5) is 11.4 Å². The second-order valence-electron chi connectivity index (χ2n) is 9.66. The van der Waals surface area contributed by atoms with E-state index in [-0.39, 0.29) is 21.5 Å². The van der Waals surface area contributed by atoms with E-state index in [1.807, 2.05) is 25.1 Å². The largest absolute Gasteiger partial charge is 0.324 e. The number of anilines is 2. The lowest BCUT2D eigenvalue weighted by molar-refractivity contribution is -0.122. The van der Waals surface area contributed by atoms with E-state index in [0.29, 0.717) is 31.9 Å². The third-order valence-electron chi connectivity index (χ3n) is 7.17. The second-order valence-corrected chi connectivity index (χ2v) is 13.0. The van der Waals surface area contributed by atoms with E-state index < -0.39 is 34.8 Å². The highest BCUT2D eigenvalue weighted by molar-refractivity contribution is 8.00. The minimum absolute atomic E-state index is 0.241. The van der Waals surface area contributed by atoms with Gasteiger partial charge in [0.2, 0.25) is 17.7 Å². The zero-order chi connectivity index (χ0) is 29.0. The van der Waals surface area contributed by atoms with Gasteiger partial charge in [-0.25, -0.2) is 4.90 Å². The maximum atomic E-state index is 14.0. The summed E-state index contributed by atoms with van der Waals surface area (Å²) in [5.74, 6) is -2.80. The number of aromatic nitrogens is 1. The van der Waals surface area contributed by atoms with Crippen LogP contribution in [0.2, 0.25) is 15.1 Å². The Kier molecular flexibility index (Phi) is 7.50. The molecule has 2 aliphatic rings. The molecule has 3 atom stereocenters. The minimum Gasteiger partial charge on any atom is -0.324 e. The molecule has 0 aliphatic carbocycles. The summed E-state index contributed by atoms with van der Waals surface area (Å²) in [5.41, 5.74) is 2.45. The Balaban J connectivity index is 1.44. The molecule has 1 aromatic heterocycles. The molecule has 1 fully saturated rings. The molecule has 3 amide bonds. The topological polar surface area (TPSA) is 88.5 Å². The Morgan fingerprint density at radius 1 is 0.927 bits per heavy atom. The highest BCUT2D eigenvalue weighted by Crippen LogP contribution is 2.55. The molecule has 7 nitrogen and oxygen atoms in total. The molecule has 0 spiro atoms. The fraction of sp³-hybridized carbons (Fsp3) is 0.172. The number of thioether (sulfide) groups is 1. The monoisotopic (exact) mass is 643 g/mol. The maximum Gasteiger partial charge on any atom is 0.308 e. The van der Waals surface area contributed by atoms with Gasteiger partial charge in [0.1, 0.15) is 11.8 Å². The van der Waals surface area contributed by atoms with Crippen molar-refractivity contribution in [2.24, 2.45) is 5.92 Å². The summed E-state index contributed by atoms with van der Waals surface area (Å²) in [4.78, 5) is 55.5. The van der Waals surface area contributed by atoms with Crippen LogP contribution in [-0.4, -0.2) is 27.5 Å². The maximum absolute atomic E-state index is 14.0. The molecular formula is C29H20Cl3N3O4S2. The van der Waals surface area contributed by atoms with Gasteiger partial charge in [-0.05, 0) is 54.4 Å². The number of nitrogens with zero attached hydrogens (tertiary/aromatic N) is 2. The first kappa shape index (κ1) is 28.1. The number of hydrogen-bond donors (Lipinski definition) is 1. The number of carbonyl (C=O) groups excluding carboxylic acids is 3. The van der Waals surface area contributed by atoms with Crippen LogP contribution in [0.25, 0.3) is 0 Å². The molecule has 3 heterocycles. The number of hydrogen-bond acceptors (Lipinski definition) is 6. The summed E-state index contributed by atoms with van der Waals surface area (Å²) in [6, 6.07) is 18.9. The number of thiazole rings is 1. The zero-order valence-electron chi connectivity index (χ0n) is 21.3. The van der Waals surface area contributed by atoms with Crippen molar-refractivity contribution in [2.75, 3.05) is 10.2 Å². The molecule has 41 heavy (non-hydrogen) atoms. The predicted molar refractivity (Wildman–Crippen MR) is 164 cm³/mol. The van der Waals surface area contributed by atoms with E-state index in [4.69, 9.17) is 34.8 Å². The molecule has 6 rings (SSSR count). The normalized spacial score (nSPS) is 19.7. The van der Waals surface area contributed by atoms with Gasteiger partial charge in [-0.2, -0.15) is 0 Å². The quantitative estimate of drug-likeness (QED) is 0.247. The van der Waals surface area contributed by atoms with Crippen molar-refractivity contribution in [3.63, 3.8) is 0 Å². The summed E-state index contributed by atoms with van der Waals surface area (Å²) in [6.07, 6.45) is 0. The highest BCUT2D eigenvalue weighted by atomic mass is 35.5. The summed E-state index contributed by atoms with van der Waals surface area (Å²) >= 11 is 21.2. The van der Waals surface area contributed by atoms with E-state index in [1.165, 1.54) is 4.57 Å². The number of halogens is 3. The van der Waals surface area contributed by atoms with Crippen molar-refractivity contribution in [3.05, 3.63) is 107 Å². The van der Waals surface area contributed by atoms with E-state index in [9.17, 15) is 19.2 Å². The van der Waals surface area contributed by atoms with Crippen molar-refractivity contribution in [3.8, 4) is 0 Å². The number of amides is 3. The fourth-order valence-corrected chi connectivity index (χ4v) is 8.56. The Bertz CT molecular complexity index is 1790. The zero-order valence-corrected chi connectivity index (χ0v) is 25.2. The van der Waals surface area contributed by atoms with Crippen molar-refractivity contribution in [1.82, 2.24) is 4.57 Å². The van der Waals surface area contributed by atoms with Crippen LogP contribution in [0, 0.1) is 12.8 Å². The van der Waals surface area contributed by atoms with Gasteiger partial charge in [-0.1, -0.05) is 88.2 Å². The first-order chi connectivity index (χ1) is 19.7. The van der Waals surface area contributed by atoms with Crippen molar-refractivity contribution in [1.29, 1.82) is 0 Å². The van der Waals surface area contributed by atoms with Crippen molar-refractivity contribution >= 4 is 87.0 Å². The number of fused-ring (bicyclic) bond motifs is 2. The average Bonchev–Trinajstić information content (AvgIpc) is 3.38. The molecule has 0 radical (unpaired) electrons. The molecule has 3 aromatic carbocycles. The fourth-order valence-electron chi connectivity index (χ4n) is 5.24. The summed E-state index contributed by atoms with van der Waals surface area (Å²) in [6.45, 7) is 1.61. The van der Waals surface area contributed by atoms with Gasteiger partial charge >= 0.3 is 4.87 Å². The van der Waals surface area contributed by atoms with Crippen LogP contribution in [0.15, 0.2) is 76.6 Å². The highest BCUT2D eigenvalue weighted by Gasteiger charge is 2.57. The molecule has 1 N–H and O–H groups in total. The first-order valence-corrected chi connectivity index (χ1v) is 15.3. The number of aryl methyl sites for hydroxylation is 1. The van der Waals surface area contributed by atoms with Gasteiger partial charge in [-0.3, -0.25) is 23.7 Å². The van der Waals surface area contributed by atoms with Gasteiger partial charge in [0.25, 0.3) is 0 Å².